The van der Waals surface area contributed by atoms with Crippen molar-refractivity contribution < 1.29 is 14.2 Å². The highest BCUT2D eigenvalue weighted by atomic mass is 31.2. The second kappa shape index (κ2) is 11.8. The maximum Gasteiger partial charge on any atom is 0.238 e. The zero-order chi connectivity index (χ0) is 27.3. The summed E-state index contributed by atoms with van der Waals surface area (Å²) in [5.74, 6) is 1.20. The van der Waals surface area contributed by atoms with Crippen molar-refractivity contribution in [2.75, 3.05) is 19.4 Å². The van der Waals surface area contributed by atoms with Crippen LogP contribution in [0.3, 0.4) is 0 Å². The Morgan fingerprint density at radius 1 is 1.16 bits per heavy atom. The standard InChI is InChI=1S/C31H40N3O3P/c1-5-27(32)28-30(33-4)37-31(2,3)29(34-28)26-17-15-25(16-18-26)24-13-11-23(12-14-24)21-38(35,36)20-19-22-9-7-6-8-10-22/h5-10,15-18,23-24H,1,11-14,19-21,32H2,2-4H3,(H,35,36)/b28-27-,33-30?. The highest BCUT2D eigenvalue weighted by molar-refractivity contribution is 7.58. The Morgan fingerprint density at radius 3 is 2.42 bits per heavy atom. The van der Waals surface area contributed by atoms with Gasteiger partial charge in [-0.25, -0.2) is 4.99 Å². The molecular weight excluding hydrogens is 493 g/mol. The van der Waals surface area contributed by atoms with E-state index < -0.39 is 13.0 Å². The predicted octanol–water partition coefficient (Wildman–Crippen LogP) is 6.46. The van der Waals surface area contributed by atoms with Crippen LogP contribution in [-0.2, 0) is 15.7 Å². The van der Waals surface area contributed by atoms with Crippen molar-refractivity contribution in [2.45, 2.75) is 57.5 Å². The van der Waals surface area contributed by atoms with Gasteiger partial charge in [0.25, 0.3) is 0 Å². The zero-order valence-electron chi connectivity index (χ0n) is 22.8. The highest BCUT2D eigenvalue weighted by Gasteiger charge is 2.36. The van der Waals surface area contributed by atoms with Crippen LogP contribution >= 0.6 is 7.37 Å². The minimum absolute atomic E-state index is 0.321. The van der Waals surface area contributed by atoms with E-state index in [1.165, 1.54) is 5.56 Å². The maximum atomic E-state index is 12.9. The van der Waals surface area contributed by atoms with Gasteiger partial charge in [-0.1, -0.05) is 61.2 Å². The van der Waals surface area contributed by atoms with E-state index in [-0.39, 0.29) is 0 Å². The molecule has 3 N–H and O–H groups in total. The molecule has 2 aliphatic rings. The molecule has 0 aromatic heterocycles. The van der Waals surface area contributed by atoms with Gasteiger partial charge in [-0.15, -0.1) is 0 Å². The van der Waals surface area contributed by atoms with E-state index in [0.717, 1.165) is 42.5 Å². The molecule has 1 atom stereocenters. The third-order valence-electron chi connectivity index (χ3n) is 7.68. The average molecular weight is 534 g/mol. The topological polar surface area (TPSA) is 97.3 Å². The highest BCUT2D eigenvalue weighted by Crippen LogP contribution is 2.47. The first-order chi connectivity index (χ1) is 18.1. The average Bonchev–Trinajstić information content (AvgIpc) is 2.92. The maximum absolute atomic E-state index is 12.9. The Morgan fingerprint density at radius 2 is 1.82 bits per heavy atom. The molecule has 0 radical (unpaired) electrons. The number of rotatable bonds is 8. The molecule has 38 heavy (non-hydrogen) atoms. The number of hydrogen-bond donors (Lipinski definition) is 2. The fraction of sp³-hybridized carbons (Fsp3) is 0.419. The Labute approximate surface area is 226 Å². The predicted molar refractivity (Wildman–Crippen MR) is 157 cm³/mol. The molecule has 1 heterocycles. The minimum Gasteiger partial charge on any atom is -0.464 e. The molecule has 202 valence electrons. The molecule has 1 aliphatic heterocycles. The van der Waals surface area contributed by atoms with Crippen molar-refractivity contribution in [1.29, 1.82) is 0 Å². The number of aliphatic imine (C=N–C) groups is 2. The van der Waals surface area contributed by atoms with Gasteiger partial charge in [0, 0.05) is 24.9 Å². The number of ether oxygens (including phenoxy) is 1. The molecule has 0 amide bonds. The van der Waals surface area contributed by atoms with Gasteiger partial charge in [0.2, 0.25) is 13.3 Å². The van der Waals surface area contributed by atoms with Crippen LogP contribution in [0, 0.1) is 5.92 Å². The first kappa shape index (κ1) is 28.1. The number of nitrogens with zero attached hydrogens (tertiary/aromatic N) is 2. The van der Waals surface area contributed by atoms with Gasteiger partial charge in [-0.3, -0.25) is 9.56 Å². The quantitative estimate of drug-likeness (QED) is 0.381. The summed E-state index contributed by atoms with van der Waals surface area (Å²) in [7, 11) is -1.46. The fourth-order valence-corrected chi connectivity index (χ4v) is 7.48. The van der Waals surface area contributed by atoms with Crippen LogP contribution in [0.1, 0.15) is 62.1 Å². The second-order valence-electron chi connectivity index (χ2n) is 10.9. The monoisotopic (exact) mass is 533 g/mol. The van der Waals surface area contributed by atoms with Crippen LogP contribution < -0.4 is 5.73 Å². The number of allylic oxidation sites excluding steroid dienone is 1. The smallest absolute Gasteiger partial charge is 0.238 e. The molecule has 0 spiro atoms. The van der Waals surface area contributed by atoms with E-state index in [1.54, 1.807) is 13.1 Å². The zero-order valence-corrected chi connectivity index (χ0v) is 23.7. The summed E-state index contributed by atoms with van der Waals surface area (Å²) in [5, 5.41) is 0. The third kappa shape index (κ3) is 6.73. The van der Waals surface area contributed by atoms with Crippen molar-refractivity contribution in [3.8, 4) is 0 Å². The van der Waals surface area contributed by atoms with Crippen molar-refractivity contribution in [1.82, 2.24) is 0 Å². The van der Waals surface area contributed by atoms with Crippen LogP contribution in [0.4, 0.5) is 0 Å². The van der Waals surface area contributed by atoms with Gasteiger partial charge in [-0.05, 0) is 75.0 Å². The van der Waals surface area contributed by atoms with Crippen molar-refractivity contribution >= 4 is 19.0 Å². The van der Waals surface area contributed by atoms with E-state index in [2.05, 4.69) is 35.8 Å². The Balaban J connectivity index is 1.38. The van der Waals surface area contributed by atoms with Gasteiger partial charge in [0.05, 0.1) is 11.4 Å². The molecule has 1 unspecified atom stereocenters. The molecule has 0 saturated heterocycles. The van der Waals surface area contributed by atoms with Crippen LogP contribution in [0.15, 0.2) is 88.6 Å². The lowest BCUT2D eigenvalue weighted by Crippen LogP contribution is -2.42. The van der Waals surface area contributed by atoms with Crippen LogP contribution in [-0.4, -0.2) is 41.5 Å². The van der Waals surface area contributed by atoms with E-state index in [0.29, 0.717) is 47.9 Å². The third-order valence-corrected chi connectivity index (χ3v) is 9.69. The first-order valence-corrected chi connectivity index (χ1v) is 15.5. The van der Waals surface area contributed by atoms with Gasteiger partial charge < -0.3 is 15.4 Å². The lowest BCUT2D eigenvalue weighted by Gasteiger charge is -2.34. The van der Waals surface area contributed by atoms with Gasteiger partial charge in [-0.2, -0.15) is 0 Å². The van der Waals surface area contributed by atoms with Crippen molar-refractivity contribution in [3.05, 3.63) is 95.3 Å². The summed E-state index contributed by atoms with van der Waals surface area (Å²) in [5.41, 5.74) is 10.6. The van der Waals surface area contributed by atoms with Crippen LogP contribution in [0.25, 0.3) is 0 Å². The second-order valence-corrected chi connectivity index (χ2v) is 13.4. The molecule has 2 aromatic rings. The van der Waals surface area contributed by atoms with E-state index in [9.17, 15) is 9.46 Å². The molecule has 1 saturated carbocycles. The number of benzene rings is 2. The van der Waals surface area contributed by atoms with Gasteiger partial charge >= 0.3 is 0 Å². The minimum atomic E-state index is -3.13. The lowest BCUT2D eigenvalue weighted by molar-refractivity contribution is 0.163. The molecule has 1 fully saturated rings. The van der Waals surface area contributed by atoms with E-state index in [4.69, 9.17) is 15.5 Å². The number of hydrogen-bond acceptors (Lipinski definition) is 5. The molecule has 2 aromatic carbocycles. The molecule has 1 aliphatic carbocycles. The SMILES string of the molecule is C=C/C(N)=C1/N=C(c2ccc(C3CCC(CP(=O)(O)CCc4ccccc4)CC3)cc2)C(C)(C)OC1=NC. The summed E-state index contributed by atoms with van der Waals surface area (Å²) in [6.45, 7) is 7.71. The summed E-state index contributed by atoms with van der Waals surface area (Å²) in [4.78, 5) is 19.7. The lowest BCUT2D eigenvalue weighted by atomic mass is 9.79. The van der Waals surface area contributed by atoms with Crippen molar-refractivity contribution in [3.63, 3.8) is 0 Å². The Kier molecular flexibility index (Phi) is 8.74. The Bertz CT molecular complexity index is 1270. The molecule has 6 nitrogen and oxygen atoms in total. The van der Waals surface area contributed by atoms with Crippen LogP contribution in [0.2, 0.25) is 0 Å². The van der Waals surface area contributed by atoms with Crippen LogP contribution in [0.5, 0.6) is 0 Å². The van der Waals surface area contributed by atoms with Gasteiger partial charge in [0.1, 0.15) is 11.3 Å². The molecular formula is C31H40N3O3P. The number of nitrogens with two attached hydrogens (primary N) is 1. The van der Waals surface area contributed by atoms with E-state index in [1.807, 2.05) is 44.2 Å². The summed E-state index contributed by atoms with van der Waals surface area (Å²) < 4.78 is 19.0. The van der Waals surface area contributed by atoms with E-state index >= 15 is 0 Å². The summed E-state index contributed by atoms with van der Waals surface area (Å²) in [6, 6.07) is 18.5. The molecule has 4 rings (SSSR count). The molecule has 7 heteroatoms. The summed E-state index contributed by atoms with van der Waals surface area (Å²) >= 11 is 0. The Hall–Kier alpha value is -2.95. The number of aryl methyl sites for hydroxylation is 1. The largest absolute Gasteiger partial charge is 0.464 e. The molecule has 0 bridgehead atoms. The van der Waals surface area contributed by atoms with Crippen molar-refractivity contribution in [2.24, 2.45) is 21.6 Å². The van der Waals surface area contributed by atoms with Gasteiger partial charge in [0.15, 0.2) is 0 Å². The first-order valence-electron chi connectivity index (χ1n) is 13.4. The normalized spacial score (nSPS) is 25.2. The fourth-order valence-electron chi connectivity index (χ4n) is 5.52. The summed E-state index contributed by atoms with van der Waals surface area (Å²) in [6.07, 6.45) is 7.08.